The van der Waals surface area contributed by atoms with Gasteiger partial charge in [-0.3, -0.25) is 4.79 Å². The standard InChI is InChI=1S/C17H14N2O3S/c1-10-13-14(20)15(21)16(12-8-5-9-23-12)22-17(13)19(18-10)11-6-3-2-4-7-11/h2-9,15-16,21H,1H3/t15-,16+/m1/s1. The highest BCUT2D eigenvalue weighted by Gasteiger charge is 2.41. The van der Waals surface area contributed by atoms with Gasteiger partial charge in [0.1, 0.15) is 5.56 Å². The van der Waals surface area contributed by atoms with Crippen molar-refractivity contribution in [2.75, 3.05) is 0 Å². The highest BCUT2D eigenvalue weighted by molar-refractivity contribution is 7.10. The highest BCUT2D eigenvalue weighted by atomic mass is 32.1. The molecule has 23 heavy (non-hydrogen) atoms. The predicted molar refractivity (Wildman–Crippen MR) is 86.3 cm³/mol. The molecule has 2 aromatic heterocycles. The van der Waals surface area contributed by atoms with E-state index >= 15 is 0 Å². The van der Waals surface area contributed by atoms with E-state index in [2.05, 4.69) is 5.10 Å². The molecule has 4 rings (SSSR count). The Labute approximate surface area is 136 Å². The van der Waals surface area contributed by atoms with E-state index in [0.29, 0.717) is 17.1 Å². The Hall–Kier alpha value is -2.44. The maximum Gasteiger partial charge on any atom is 0.228 e. The van der Waals surface area contributed by atoms with E-state index in [4.69, 9.17) is 4.74 Å². The van der Waals surface area contributed by atoms with Crippen LogP contribution in [-0.2, 0) is 0 Å². The van der Waals surface area contributed by atoms with Crippen LogP contribution in [0, 0.1) is 6.92 Å². The van der Waals surface area contributed by atoms with E-state index in [1.807, 2.05) is 47.8 Å². The number of aryl methyl sites for hydroxylation is 1. The Morgan fingerprint density at radius 3 is 2.70 bits per heavy atom. The van der Waals surface area contributed by atoms with Crippen molar-refractivity contribution in [1.29, 1.82) is 0 Å². The highest BCUT2D eigenvalue weighted by Crippen LogP contribution is 2.39. The van der Waals surface area contributed by atoms with Crippen molar-refractivity contribution in [1.82, 2.24) is 9.78 Å². The van der Waals surface area contributed by atoms with E-state index in [-0.39, 0.29) is 5.78 Å². The van der Waals surface area contributed by atoms with E-state index in [1.54, 1.807) is 11.6 Å². The zero-order chi connectivity index (χ0) is 16.0. The first-order valence-electron chi connectivity index (χ1n) is 7.24. The van der Waals surface area contributed by atoms with Gasteiger partial charge >= 0.3 is 0 Å². The predicted octanol–water partition coefficient (Wildman–Crippen LogP) is 2.92. The molecule has 0 unspecified atom stereocenters. The lowest BCUT2D eigenvalue weighted by Gasteiger charge is -2.27. The third-order valence-electron chi connectivity index (χ3n) is 3.88. The SMILES string of the molecule is Cc1nn(-c2ccccc2)c2c1C(=O)[C@@H](O)[C@H](c1cccs1)O2. The molecule has 6 heteroatoms. The van der Waals surface area contributed by atoms with E-state index in [9.17, 15) is 9.90 Å². The molecule has 1 aliphatic heterocycles. The minimum atomic E-state index is -1.21. The number of carbonyl (C=O) groups excluding carboxylic acids is 1. The number of aliphatic hydroxyl groups excluding tert-OH is 1. The molecule has 1 N–H and O–H groups in total. The third kappa shape index (κ3) is 2.18. The fourth-order valence-electron chi connectivity index (χ4n) is 2.78. The van der Waals surface area contributed by atoms with Crippen molar-refractivity contribution in [3.05, 3.63) is 64.0 Å². The minimum absolute atomic E-state index is 0.343. The summed E-state index contributed by atoms with van der Waals surface area (Å²) >= 11 is 1.45. The molecule has 116 valence electrons. The largest absolute Gasteiger partial charge is 0.465 e. The molecule has 1 aliphatic rings. The van der Waals surface area contributed by atoms with Crippen LogP contribution in [-0.4, -0.2) is 26.8 Å². The van der Waals surface area contributed by atoms with E-state index in [1.165, 1.54) is 11.3 Å². The van der Waals surface area contributed by atoms with Crippen LogP contribution in [0.4, 0.5) is 0 Å². The molecular formula is C17H14N2O3S. The van der Waals surface area contributed by atoms with Gasteiger partial charge in [-0.05, 0) is 30.5 Å². The van der Waals surface area contributed by atoms with Gasteiger partial charge in [0.05, 0.1) is 11.4 Å². The minimum Gasteiger partial charge on any atom is -0.465 e. The molecule has 0 amide bonds. The van der Waals surface area contributed by atoms with Crippen LogP contribution < -0.4 is 4.74 Å². The Kier molecular flexibility index (Phi) is 3.28. The van der Waals surface area contributed by atoms with Crippen LogP contribution in [0.3, 0.4) is 0 Å². The van der Waals surface area contributed by atoms with Gasteiger partial charge in [0.25, 0.3) is 0 Å². The number of carbonyl (C=O) groups is 1. The number of aromatic nitrogens is 2. The first-order valence-corrected chi connectivity index (χ1v) is 8.12. The summed E-state index contributed by atoms with van der Waals surface area (Å²) in [6.45, 7) is 1.75. The van der Waals surface area contributed by atoms with Crippen molar-refractivity contribution >= 4 is 17.1 Å². The molecule has 0 aliphatic carbocycles. The second-order valence-electron chi connectivity index (χ2n) is 5.38. The molecule has 0 spiro atoms. The van der Waals surface area contributed by atoms with Crippen molar-refractivity contribution < 1.29 is 14.6 Å². The number of Topliss-reactive ketones (excluding diaryl/α,β-unsaturated/α-hetero) is 1. The lowest BCUT2D eigenvalue weighted by Crippen LogP contribution is -2.36. The van der Waals surface area contributed by atoms with Crippen LogP contribution >= 0.6 is 11.3 Å². The van der Waals surface area contributed by atoms with Crippen LogP contribution in [0.2, 0.25) is 0 Å². The number of hydrogen-bond donors (Lipinski definition) is 1. The number of fused-ring (bicyclic) bond motifs is 1. The molecule has 0 radical (unpaired) electrons. The van der Waals surface area contributed by atoms with Crippen molar-refractivity contribution in [3.8, 4) is 11.6 Å². The maximum absolute atomic E-state index is 12.6. The number of para-hydroxylation sites is 1. The lowest BCUT2D eigenvalue weighted by atomic mass is 9.98. The van der Waals surface area contributed by atoms with E-state index in [0.717, 1.165) is 10.6 Å². The summed E-state index contributed by atoms with van der Waals surface area (Å²) in [5.41, 5.74) is 1.72. The van der Waals surface area contributed by atoms with Gasteiger partial charge in [0.2, 0.25) is 11.7 Å². The second kappa shape index (κ2) is 5.33. The maximum atomic E-state index is 12.6. The molecule has 0 saturated carbocycles. The Bertz CT molecular complexity index is 856. The average Bonchev–Trinajstić information content (AvgIpc) is 3.20. The fourth-order valence-corrected chi connectivity index (χ4v) is 3.56. The third-order valence-corrected chi connectivity index (χ3v) is 4.82. The quantitative estimate of drug-likeness (QED) is 0.786. The van der Waals surface area contributed by atoms with Gasteiger partial charge < -0.3 is 9.84 Å². The number of nitrogens with zero attached hydrogens (tertiary/aromatic N) is 2. The van der Waals surface area contributed by atoms with Gasteiger partial charge in [0.15, 0.2) is 12.2 Å². The fraction of sp³-hybridized carbons (Fsp3) is 0.176. The molecule has 3 aromatic rings. The topological polar surface area (TPSA) is 64.4 Å². The van der Waals surface area contributed by atoms with Gasteiger partial charge in [-0.25, -0.2) is 4.68 Å². The summed E-state index contributed by atoms with van der Waals surface area (Å²) in [7, 11) is 0. The summed E-state index contributed by atoms with van der Waals surface area (Å²) in [4.78, 5) is 13.4. The van der Waals surface area contributed by atoms with E-state index < -0.39 is 12.2 Å². The number of hydrogen-bond acceptors (Lipinski definition) is 5. The summed E-state index contributed by atoms with van der Waals surface area (Å²) in [6.07, 6.45) is -1.91. The Balaban J connectivity index is 1.86. The van der Waals surface area contributed by atoms with Crippen LogP contribution in [0.25, 0.3) is 5.69 Å². The normalized spacial score (nSPS) is 20.2. The first-order chi connectivity index (χ1) is 11.2. The monoisotopic (exact) mass is 326 g/mol. The molecule has 0 bridgehead atoms. The first kappa shape index (κ1) is 14.2. The Morgan fingerprint density at radius 2 is 2.00 bits per heavy atom. The molecular weight excluding hydrogens is 312 g/mol. The van der Waals surface area contributed by atoms with Crippen LogP contribution in [0.1, 0.15) is 27.0 Å². The molecule has 0 saturated heterocycles. The number of ether oxygens (including phenoxy) is 1. The zero-order valence-electron chi connectivity index (χ0n) is 12.3. The van der Waals surface area contributed by atoms with Crippen LogP contribution in [0.15, 0.2) is 47.8 Å². The molecule has 0 fully saturated rings. The second-order valence-corrected chi connectivity index (χ2v) is 6.36. The number of benzene rings is 1. The van der Waals surface area contributed by atoms with Gasteiger partial charge in [-0.2, -0.15) is 5.10 Å². The Morgan fingerprint density at radius 1 is 1.22 bits per heavy atom. The van der Waals surface area contributed by atoms with Gasteiger partial charge in [0, 0.05) is 4.88 Å². The van der Waals surface area contributed by atoms with Crippen molar-refractivity contribution in [2.45, 2.75) is 19.1 Å². The molecule has 2 atom stereocenters. The zero-order valence-corrected chi connectivity index (χ0v) is 13.2. The van der Waals surface area contributed by atoms with Gasteiger partial charge in [-0.1, -0.05) is 24.3 Å². The van der Waals surface area contributed by atoms with Crippen molar-refractivity contribution in [2.24, 2.45) is 0 Å². The number of ketones is 1. The molecule has 5 nitrogen and oxygen atoms in total. The number of aliphatic hydroxyl groups is 1. The number of thiophene rings is 1. The van der Waals surface area contributed by atoms with Crippen LogP contribution in [0.5, 0.6) is 5.88 Å². The average molecular weight is 326 g/mol. The number of rotatable bonds is 2. The summed E-state index contributed by atoms with van der Waals surface area (Å²) < 4.78 is 7.63. The van der Waals surface area contributed by atoms with Gasteiger partial charge in [-0.15, -0.1) is 11.3 Å². The smallest absolute Gasteiger partial charge is 0.228 e. The summed E-state index contributed by atoms with van der Waals surface area (Å²) in [5.74, 6) is 0.0479. The molecule has 1 aromatic carbocycles. The summed E-state index contributed by atoms with van der Waals surface area (Å²) in [5, 5.41) is 16.7. The van der Waals surface area contributed by atoms with Crippen molar-refractivity contribution in [3.63, 3.8) is 0 Å². The molecule has 3 heterocycles. The lowest BCUT2D eigenvalue weighted by molar-refractivity contribution is 0.0201. The summed E-state index contributed by atoms with van der Waals surface area (Å²) in [6, 6.07) is 13.2.